The van der Waals surface area contributed by atoms with Crippen molar-refractivity contribution in [3.05, 3.63) is 35.9 Å². The summed E-state index contributed by atoms with van der Waals surface area (Å²) in [7, 11) is 0. The number of nitrogens with zero attached hydrogens (tertiary/aromatic N) is 3. The monoisotopic (exact) mass is 295 g/mol. The molecule has 0 radical (unpaired) electrons. The molecule has 0 spiro atoms. The predicted octanol–water partition coefficient (Wildman–Crippen LogP) is 2.47. The quantitative estimate of drug-likeness (QED) is 0.941. The maximum absolute atomic E-state index is 12.6. The predicted molar refractivity (Wildman–Crippen MR) is 71.8 cm³/mol. The highest BCUT2D eigenvalue weighted by atomic mass is 19.4. The molecule has 0 saturated carbocycles. The normalized spacial score (nSPS) is 11.4. The van der Waals surface area contributed by atoms with Gasteiger partial charge in [-0.1, -0.05) is 18.2 Å². The molecule has 1 aromatic carbocycles. The Morgan fingerprint density at radius 1 is 1.29 bits per heavy atom. The van der Waals surface area contributed by atoms with E-state index in [1.54, 1.807) is 24.3 Å². The number of rotatable bonds is 4. The van der Waals surface area contributed by atoms with E-state index in [1.165, 1.54) is 6.07 Å². The Morgan fingerprint density at radius 2 is 2.00 bits per heavy atom. The molecule has 0 bridgehead atoms. The van der Waals surface area contributed by atoms with Gasteiger partial charge in [0.15, 0.2) is 0 Å². The number of benzene rings is 1. The molecular weight excluding hydrogens is 283 g/mol. The summed E-state index contributed by atoms with van der Waals surface area (Å²) in [6, 6.07) is 10.0. The van der Waals surface area contributed by atoms with Gasteiger partial charge in [-0.25, -0.2) is 4.98 Å². The van der Waals surface area contributed by atoms with Crippen molar-refractivity contribution in [2.75, 3.05) is 24.6 Å². The van der Waals surface area contributed by atoms with E-state index in [-0.39, 0.29) is 17.9 Å². The Balaban J connectivity index is 2.50. The van der Waals surface area contributed by atoms with Crippen LogP contribution in [0, 0.1) is 11.3 Å². The second kappa shape index (κ2) is 5.97. The molecule has 2 rings (SSSR count). The van der Waals surface area contributed by atoms with Crippen LogP contribution in [0.3, 0.4) is 0 Å². The molecule has 1 N–H and O–H groups in total. The van der Waals surface area contributed by atoms with Gasteiger partial charge in [0, 0.05) is 11.9 Å². The van der Waals surface area contributed by atoms with Crippen LogP contribution in [0.4, 0.5) is 19.0 Å². The number of pyridine rings is 1. The lowest BCUT2D eigenvalue weighted by Crippen LogP contribution is -2.36. The van der Waals surface area contributed by atoms with Gasteiger partial charge in [-0.15, -0.1) is 0 Å². The zero-order valence-electron chi connectivity index (χ0n) is 10.9. The maximum atomic E-state index is 12.6. The molecule has 110 valence electrons. The first-order valence-electron chi connectivity index (χ1n) is 6.17. The SMILES string of the molecule is N#Cc1cc(N(CCO)CC(F)(F)F)nc2ccccc12. The summed E-state index contributed by atoms with van der Waals surface area (Å²) in [5.74, 6) is 0.0247. The molecule has 21 heavy (non-hydrogen) atoms. The molecule has 0 atom stereocenters. The van der Waals surface area contributed by atoms with Crippen LogP contribution < -0.4 is 4.90 Å². The van der Waals surface area contributed by atoms with Crippen molar-refractivity contribution in [1.29, 1.82) is 5.26 Å². The summed E-state index contributed by atoms with van der Waals surface area (Å²) < 4.78 is 37.8. The Hall–Kier alpha value is -2.33. The number of aliphatic hydroxyl groups excluding tert-OH is 1. The van der Waals surface area contributed by atoms with Crippen molar-refractivity contribution in [3.8, 4) is 6.07 Å². The van der Waals surface area contributed by atoms with E-state index >= 15 is 0 Å². The molecule has 0 aliphatic rings. The van der Waals surface area contributed by atoms with Crippen LogP contribution in [-0.4, -0.2) is 36.0 Å². The first kappa shape index (κ1) is 15.1. The minimum absolute atomic E-state index is 0.0247. The number of aliphatic hydroxyl groups is 1. The summed E-state index contributed by atoms with van der Waals surface area (Å²) >= 11 is 0. The van der Waals surface area contributed by atoms with Crippen molar-refractivity contribution in [2.45, 2.75) is 6.18 Å². The molecule has 0 fully saturated rings. The second-order valence-corrected chi connectivity index (χ2v) is 4.42. The van der Waals surface area contributed by atoms with Crippen molar-refractivity contribution in [1.82, 2.24) is 4.98 Å². The largest absolute Gasteiger partial charge is 0.405 e. The topological polar surface area (TPSA) is 60.2 Å². The van der Waals surface area contributed by atoms with Crippen LogP contribution in [0.1, 0.15) is 5.56 Å². The van der Waals surface area contributed by atoms with Crippen LogP contribution in [0.2, 0.25) is 0 Å². The zero-order chi connectivity index (χ0) is 15.5. The van der Waals surface area contributed by atoms with Crippen LogP contribution in [-0.2, 0) is 0 Å². The van der Waals surface area contributed by atoms with Crippen molar-refractivity contribution in [3.63, 3.8) is 0 Å². The smallest absolute Gasteiger partial charge is 0.395 e. The fourth-order valence-electron chi connectivity index (χ4n) is 2.03. The van der Waals surface area contributed by atoms with Gasteiger partial charge >= 0.3 is 6.18 Å². The van der Waals surface area contributed by atoms with Gasteiger partial charge in [0.05, 0.1) is 23.8 Å². The lowest BCUT2D eigenvalue weighted by Gasteiger charge is -2.24. The standard InChI is InChI=1S/C14H12F3N3O/c15-14(16,17)9-20(5-6-21)13-7-10(8-18)11-3-1-2-4-12(11)19-13/h1-4,7,21H,5-6,9H2. The average Bonchev–Trinajstić information content (AvgIpc) is 2.44. The Kier molecular flexibility index (Phi) is 4.29. The Labute approximate surface area is 119 Å². The van der Waals surface area contributed by atoms with Crippen LogP contribution in [0.5, 0.6) is 0 Å². The van der Waals surface area contributed by atoms with Gasteiger partial charge in [-0.05, 0) is 12.1 Å². The Bertz CT molecular complexity index is 679. The number of hydrogen-bond donors (Lipinski definition) is 1. The van der Waals surface area contributed by atoms with E-state index in [1.807, 2.05) is 6.07 Å². The highest BCUT2D eigenvalue weighted by molar-refractivity contribution is 5.86. The van der Waals surface area contributed by atoms with Crippen LogP contribution in [0.15, 0.2) is 30.3 Å². The highest BCUT2D eigenvalue weighted by Gasteiger charge is 2.31. The van der Waals surface area contributed by atoms with Gasteiger partial charge in [0.1, 0.15) is 12.4 Å². The molecule has 0 amide bonds. The number of anilines is 1. The summed E-state index contributed by atoms with van der Waals surface area (Å²) in [6.07, 6.45) is -4.42. The van der Waals surface area contributed by atoms with Crippen molar-refractivity contribution in [2.24, 2.45) is 0 Å². The van der Waals surface area contributed by atoms with E-state index in [9.17, 15) is 13.2 Å². The minimum Gasteiger partial charge on any atom is -0.395 e. The number of nitriles is 1. The third-order valence-corrected chi connectivity index (χ3v) is 2.89. The Morgan fingerprint density at radius 3 is 2.62 bits per heavy atom. The van der Waals surface area contributed by atoms with E-state index in [4.69, 9.17) is 10.4 Å². The lowest BCUT2D eigenvalue weighted by atomic mass is 10.1. The second-order valence-electron chi connectivity index (χ2n) is 4.42. The molecule has 0 aliphatic carbocycles. The molecule has 1 aromatic heterocycles. The van der Waals surface area contributed by atoms with Crippen molar-refractivity contribution >= 4 is 16.7 Å². The average molecular weight is 295 g/mol. The summed E-state index contributed by atoms with van der Waals surface area (Å²) in [5, 5.41) is 18.7. The molecule has 1 heterocycles. The van der Waals surface area contributed by atoms with E-state index < -0.39 is 19.3 Å². The summed E-state index contributed by atoms with van der Waals surface area (Å²) in [5.41, 5.74) is 0.692. The third-order valence-electron chi connectivity index (χ3n) is 2.89. The number of fused-ring (bicyclic) bond motifs is 1. The van der Waals surface area contributed by atoms with E-state index in [2.05, 4.69) is 4.98 Å². The fraction of sp³-hybridized carbons (Fsp3) is 0.286. The van der Waals surface area contributed by atoms with Crippen LogP contribution >= 0.6 is 0 Å². The van der Waals surface area contributed by atoms with E-state index in [0.29, 0.717) is 10.9 Å². The maximum Gasteiger partial charge on any atom is 0.405 e. The number of para-hydroxylation sites is 1. The fourth-order valence-corrected chi connectivity index (χ4v) is 2.03. The van der Waals surface area contributed by atoms with Crippen LogP contribution in [0.25, 0.3) is 10.9 Å². The third kappa shape index (κ3) is 3.61. The number of alkyl halides is 3. The van der Waals surface area contributed by atoms with Gasteiger partial charge in [-0.3, -0.25) is 0 Å². The molecule has 2 aromatic rings. The molecule has 0 unspecified atom stereocenters. The highest BCUT2D eigenvalue weighted by Crippen LogP contribution is 2.25. The molecule has 0 saturated heterocycles. The number of aromatic nitrogens is 1. The molecule has 4 nitrogen and oxygen atoms in total. The first-order valence-corrected chi connectivity index (χ1v) is 6.17. The number of hydrogen-bond acceptors (Lipinski definition) is 4. The van der Waals surface area contributed by atoms with Gasteiger partial charge in [-0.2, -0.15) is 18.4 Å². The molecule has 7 heteroatoms. The minimum atomic E-state index is -4.42. The number of halogens is 3. The van der Waals surface area contributed by atoms with Gasteiger partial charge < -0.3 is 10.0 Å². The summed E-state index contributed by atoms with van der Waals surface area (Å²) in [4.78, 5) is 5.06. The molecular formula is C14H12F3N3O. The first-order chi connectivity index (χ1) is 9.94. The van der Waals surface area contributed by atoms with Crippen molar-refractivity contribution < 1.29 is 18.3 Å². The van der Waals surface area contributed by atoms with E-state index in [0.717, 1.165) is 4.90 Å². The van der Waals surface area contributed by atoms with Gasteiger partial charge in [0.2, 0.25) is 0 Å². The summed E-state index contributed by atoms with van der Waals surface area (Å²) in [6.45, 7) is -1.88. The zero-order valence-corrected chi connectivity index (χ0v) is 10.9. The molecule has 0 aliphatic heterocycles. The van der Waals surface area contributed by atoms with Gasteiger partial charge in [0.25, 0.3) is 0 Å². The lowest BCUT2D eigenvalue weighted by molar-refractivity contribution is -0.119.